The number of ether oxygens (including phenoxy) is 1. The third-order valence-corrected chi connectivity index (χ3v) is 5.85. The quantitative estimate of drug-likeness (QED) is 0.498. The van der Waals surface area contributed by atoms with Crippen molar-refractivity contribution in [1.82, 2.24) is 20.2 Å². The van der Waals surface area contributed by atoms with Crippen LogP contribution in [0.2, 0.25) is 0 Å². The predicted octanol–water partition coefficient (Wildman–Crippen LogP) is 3.58. The van der Waals surface area contributed by atoms with Crippen LogP contribution in [0.15, 0.2) is 47.0 Å². The second kappa shape index (κ2) is 7.76. The van der Waals surface area contributed by atoms with E-state index in [9.17, 15) is 4.79 Å². The largest absolute Gasteiger partial charge is 0.423 e. The summed E-state index contributed by atoms with van der Waals surface area (Å²) in [5, 5.41) is 9.88. The third kappa shape index (κ3) is 3.60. The van der Waals surface area contributed by atoms with Crippen molar-refractivity contribution in [3.05, 3.63) is 53.9 Å². The zero-order valence-corrected chi connectivity index (χ0v) is 17.4. The lowest BCUT2D eigenvalue weighted by Gasteiger charge is -2.24. The molecule has 32 heavy (non-hydrogen) atoms. The summed E-state index contributed by atoms with van der Waals surface area (Å²) in [6.07, 6.45) is 3.87. The van der Waals surface area contributed by atoms with Gasteiger partial charge in [0.2, 0.25) is 0 Å². The Kier molecular flexibility index (Phi) is 4.61. The Morgan fingerprint density at radius 2 is 2.00 bits per heavy atom. The number of oxazole rings is 1. The summed E-state index contributed by atoms with van der Waals surface area (Å²) < 4.78 is 11.5. The Hall–Kier alpha value is -3.72. The molecule has 1 saturated heterocycles. The Morgan fingerprint density at radius 3 is 2.78 bits per heavy atom. The molecule has 1 aliphatic heterocycles. The first-order chi connectivity index (χ1) is 15.7. The topological polar surface area (TPSA) is 109 Å². The van der Waals surface area contributed by atoms with Gasteiger partial charge in [-0.25, -0.2) is 4.98 Å². The lowest BCUT2D eigenvalue weighted by atomic mass is 10.1. The van der Waals surface area contributed by atoms with Crippen LogP contribution in [-0.4, -0.2) is 52.4 Å². The number of nitrogens with one attached hydrogen (secondary N) is 2. The lowest BCUT2D eigenvalue weighted by molar-refractivity contribution is 0.102. The Labute approximate surface area is 183 Å². The third-order valence-electron chi connectivity index (χ3n) is 5.85. The van der Waals surface area contributed by atoms with Crippen molar-refractivity contribution in [1.29, 1.82) is 0 Å². The Bertz CT molecular complexity index is 1270. The van der Waals surface area contributed by atoms with Crippen molar-refractivity contribution >= 4 is 28.7 Å². The first-order valence-corrected chi connectivity index (χ1v) is 10.8. The highest BCUT2D eigenvalue weighted by molar-refractivity contribution is 6.04. The standard InChI is InChI=1S/C23H22N6O3/c30-22(18-3-1-2-16(25-18)17-6-7-24-28-17)26-19-13-21-20(12-15(19)14-4-5-14)27-23(32-21)29-8-10-31-11-9-29/h1-3,6-7,12-14H,4-5,8-11H2,(H,24,28)(H,26,30). The van der Waals surface area contributed by atoms with Gasteiger partial charge in [-0.3, -0.25) is 9.89 Å². The summed E-state index contributed by atoms with van der Waals surface area (Å²) in [5.41, 5.74) is 5.08. The normalized spacial score (nSPS) is 16.4. The van der Waals surface area contributed by atoms with Gasteiger partial charge >= 0.3 is 0 Å². The summed E-state index contributed by atoms with van der Waals surface area (Å²) in [6.45, 7) is 2.84. The molecule has 0 spiro atoms. The molecule has 0 bridgehead atoms. The number of pyridine rings is 1. The van der Waals surface area contributed by atoms with Crippen molar-refractivity contribution < 1.29 is 13.9 Å². The van der Waals surface area contributed by atoms with E-state index >= 15 is 0 Å². The van der Waals surface area contributed by atoms with E-state index < -0.39 is 0 Å². The number of aromatic nitrogens is 4. The lowest BCUT2D eigenvalue weighted by Crippen LogP contribution is -2.36. The molecule has 0 radical (unpaired) electrons. The van der Waals surface area contributed by atoms with E-state index in [1.807, 2.05) is 30.3 Å². The van der Waals surface area contributed by atoms with Crippen molar-refractivity contribution in [2.75, 3.05) is 36.5 Å². The van der Waals surface area contributed by atoms with Gasteiger partial charge < -0.3 is 19.4 Å². The first kappa shape index (κ1) is 19.0. The molecular weight excluding hydrogens is 408 g/mol. The monoisotopic (exact) mass is 430 g/mol. The molecule has 3 aromatic heterocycles. The molecule has 1 amide bonds. The highest BCUT2D eigenvalue weighted by Gasteiger charge is 2.29. The highest BCUT2D eigenvalue weighted by atomic mass is 16.5. The van der Waals surface area contributed by atoms with Gasteiger partial charge in [-0.05, 0) is 48.6 Å². The second-order valence-electron chi connectivity index (χ2n) is 8.11. The van der Waals surface area contributed by atoms with Crippen molar-refractivity contribution in [2.24, 2.45) is 0 Å². The summed E-state index contributed by atoms with van der Waals surface area (Å²) in [4.78, 5) is 24.3. The van der Waals surface area contributed by atoms with Gasteiger partial charge in [-0.15, -0.1) is 0 Å². The number of H-pyrrole nitrogens is 1. The number of amides is 1. The number of hydrogen-bond acceptors (Lipinski definition) is 7. The van der Waals surface area contributed by atoms with Gasteiger partial charge in [0.05, 0.1) is 24.6 Å². The number of anilines is 2. The molecule has 2 N–H and O–H groups in total. The number of fused-ring (bicyclic) bond motifs is 1. The minimum atomic E-state index is -0.263. The molecule has 2 fully saturated rings. The highest BCUT2D eigenvalue weighted by Crippen LogP contribution is 2.45. The summed E-state index contributed by atoms with van der Waals surface area (Å²) in [7, 11) is 0. The van der Waals surface area contributed by atoms with Gasteiger partial charge in [-0.1, -0.05) is 6.07 Å². The number of rotatable bonds is 5. The van der Waals surface area contributed by atoms with Gasteiger partial charge in [0.1, 0.15) is 11.2 Å². The molecule has 9 heteroatoms. The number of morpholine rings is 1. The molecule has 1 aromatic carbocycles. The number of nitrogens with zero attached hydrogens (tertiary/aromatic N) is 4. The van der Waals surface area contributed by atoms with Crippen LogP contribution in [0.4, 0.5) is 11.7 Å². The minimum absolute atomic E-state index is 0.263. The molecule has 1 saturated carbocycles. The smallest absolute Gasteiger partial charge is 0.298 e. The van der Waals surface area contributed by atoms with E-state index in [4.69, 9.17) is 14.1 Å². The predicted molar refractivity (Wildman–Crippen MR) is 119 cm³/mol. The molecule has 1 aliphatic carbocycles. The van der Waals surface area contributed by atoms with Crippen LogP contribution in [0, 0.1) is 0 Å². The van der Waals surface area contributed by atoms with E-state index in [0.717, 1.165) is 48.4 Å². The maximum atomic E-state index is 13.1. The molecule has 162 valence electrons. The van der Waals surface area contributed by atoms with Crippen LogP contribution < -0.4 is 10.2 Å². The van der Waals surface area contributed by atoms with E-state index in [1.54, 1.807) is 12.3 Å². The van der Waals surface area contributed by atoms with Gasteiger partial charge in [0, 0.05) is 31.0 Å². The molecule has 4 heterocycles. The minimum Gasteiger partial charge on any atom is -0.423 e. The van der Waals surface area contributed by atoms with Crippen LogP contribution in [0.5, 0.6) is 0 Å². The number of carbonyl (C=O) groups is 1. The van der Waals surface area contributed by atoms with Crippen molar-refractivity contribution in [3.63, 3.8) is 0 Å². The molecule has 9 nitrogen and oxygen atoms in total. The molecule has 4 aromatic rings. The molecule has 0 unspecified atom stereocenters. The zero-order valence-electron chi connectivity index (χ0n) is 17.4. The van der Waals surface area contributed by atoms with Gasteiger partial charge in [0.15, 0.2) is 5.58 Å². The summed E-state index contributed by atoms with van der Waals surface area (Å²) in [5.74, 6) is 0.169. The average Bonchev–Trinajstić information content (AvgIpc) is 3.36. The van der Waals surface area contributed by atoms with Crippen LogP contribution in [0.1, 0.15) is 34.8 Å². The van der Waals surface area contributed by atoms with Crippen molar-refractivity contribution in [3.8, 4) is 11.4 Å². The SMILES string of the molecule is O=C(Nc1cc2oc(N3CCOCC3)nc2cc1C1CC1)c1cccc(-c2ccn[nH]2)n1. The first-order valence-electron chi connectivity index (χ1n) is 10.8. The zero-order chi connectivity index (χ0) is 21.5. The van der Waals surface area contributed by atoms with E-state index in [1.165, 1.54) is 0 Å². The fourth-order valence-electron chi connectivity index (χ4n) is 4.00. The molecule has 0 atom stereocenters. The average molecular weight is 430 g/mol. The molecule has 2 aliphatic rings. The maximum absolute atomic E-state index is 13.1. The van der Waals surface area contributed by atoms with Crippen LogP contribution in [0.25, 0.3) is 22.5 Å². The summed E-state index contributed by atoms with van der Waals surface area (Å²) in [6, 6.07) is 11.7. The maximum Gasteiger partial charge on any atom is 0.298 e. The molecular formula is C23H22N6O3. The number of hydrogen-bond donors (Lipinski definition) is 2. The fraction of sp³-hybridized carbons (Fsp3) is 0.304. The Balaban J connectivity index is 1.31. The van der Waals surface area contributed by atoms with Gasteiger partial charge in [0.25, 0.3) is 11.9 Å². The van der Waals surface area contributed by atoms with E-state index in [0.29, 0.717) is 42.1 Å². The van der Waals surface area contributed by atoms with Crippen LogP contribution in [-0.2, 0) is 4.74 Å². The van der Waals surface area contributed by atoms with Crippen LogP contribution >= 0.6 is 0 Å². The van der Waals surface area contributed by atoms with Crippen LogP contribution in [0.3, 0.4) is 0 Å². The van der Waals surface area contributed by atoms with Gasteiger partial charge in [-0.2, -0.15) is 10.1 Å². The summed E-state index contributed by atoms with van der Waals surface area (Å²) >= 11 is 0. The van der Waals surface area contributed by atoms with E-state index in [2.05, 4.69) is 25.4 Å². The number of carbonyl (C=O) groups excluding carboxylic acids is 1. The van der Waals surface area contributed by atoms with E-state index in [-0.39, 0.29) is 5.91 Å². The Morgan fingerprint density at radius 1 is 1.12 bits per heavy atom. The molecule has 6 rings (SSSR count). The van der Waals surface area contributed by atoms with Crippen molar-refractivity contribution in [2.45, 2.75) is 18.8 Å². The number of benzene rings is 1. The number of aromatic amines is 1. The second-order valence-corrected chi connectivity index (χ2v) is 8.11. The fourth-order valence-corrected chi connectivity index (χ4v) is 4.00.